The molecule has 2 unspecified atom stereocenters. The first kappa shape index (κ1) is 15.9. The third-order valence-electron chi connectivity index (χ3n) is 7.23. The van der Waals surface area contributed by atoms with Crippen molar-refractivity contribution in [2.75, 3.05) is 0 Å². The number of hydrogen-bond acceptors (Lipinski definition) is 0. The molecule has 0 heteroatoms. The summed E-state index contributed by atoms with van der Waals surface area (Å²) in [4.78, 5) is 0. The highest BCUT2D eigenvalue weighted by atomic mass is 14.7. The summed E-state index contributed by atoms with van der Waals surface area (Å²) in [5.41, 5.74) is 7.46. The Morgan fingerprint density at radius 1 is 1.05 bits per heavy atom. The van der Waals surface area contributed by atoms with Crippen LogP contribution in [0.25, 0.3) is 0 Å². The first-order chi connectivity index (χ1) is 8.93. The molecule has 0 nitrogen and oxygen atoms in total. The fourth-order valence-electron chi connectivity index (χ4n) is 6.02. The first-order valence-electron chi connectivity index (χ1n) is 8.32. The van der Waals surface area contributed by atoms with Crippen LogP contribution in [-0.2, 0) is 0 Å². The molecule has 0 saturated heterocycles. The van der Waals surface area contributed by atoms with Gasteiger partial charge in [0.1, 0.15) is 0 Å². The molecule has 20 heavy (non-hydrogen) atoms. The molecule has 1 fully saturated rings. The summed E-state index contributed by atoms with van der Waals surface area (Å²) >= 11 is 0. The Morgan fingerprint density at radius 2 is 1.55 bits per heavy atom. The van der Waals surface area contributed by atoms with Crippen molar-refractivity contribution < 1.29 is 0 Å². The minimum atomic E-state index is 0.252. The van der Waals surface area contributed by atoms with E-state index in [1.54, 1.807) is 22.3 Å². The molecular weight excluding hydrogens is 240 g/mol. The molecule has 0 spiro atoms. The summed E-state index contributed by atoms with van der Waals surface area (Å²) in [5, 5.41) is 0. The van der Waals surface area contributed by atoms with Gasteiger partial charge >= 0.3 is 0 Å². The van der Waals surface area contributed by atoms with Crippen molar-refractivity contribution in [1.29, 1.82) is 0 Å². The summed E-state index contributed by atoms with van der Waals surface area (Å²) < 4.78 is 0. The van der Waals surface area contributed by atoms with E-state index >= 15 is 0 Å². The van der Waals surface area contributed by atoms with Gasteiger partial charge in [-0.2, -0.15) is 0 Å². The van der Waals surface area contributed by atoms with E-state index in [9.17, 15) is 0 Å². The molecule has 2 aliphatic carbocycles. The van der Waals surface area contributed by atoms with Crippen molar-refractivity contribution in [3.05, 3.63) is 22.3 Å². The lowest BCUT2D eigenvalue weighted by atomic mass is 9.48. The van der Waals surface area contributed by atoms with Crippen molar-refractivity contribution >= 4 is 0 Å². The highest BCUT2D eigenvalue weighted by molar-refractivity contribution is 5.57. The van der Waals surface area contributed by atoms with E-state index in [0.29, 0.717) is 16.7 Å². The number of hydrogen-bond donors (Lipinski definition) is 0. The minimum Gasteiger partial charge on any atom is -0.0622 e. The Balaban J connectivity index is 2.86. The first-order valence-corrected chi connectivity index (χ1v) is 8.32. The zero-order valence-electron chi connectivity index (χ0n) is 15.4. The normalized spacial score (nSPS) is 33.5. The van der Waals surface area contributed by atoms with Gasteiger partial charge in [-0.1, -0.05) is 59.6 Å². The van der Waals surface area contributed by atoms with Crippen molar-refractivity contribution in [1.82, 2.24) is 0 Å². The number of allylic oxidation sites excluding steroid dienone is 4. The van der Waals surface area contributed by atoms with E-state index in [2.05, 4.69) is 69.2 Å². The Hall–Kier alpha value is -0.520. The van der Waals surface area contributed by atoms with Crippen molar-refractivity contribution in [3.63, 3.8) is 0 Å². The smallest absolute Gasteiger partial charge is 0.0236 e. The molecule has 0 aromatic carbocycles. The van der Waals surface area contributed by atoms with Gasteiger partial charge in [0, 0.05) is 5.41 Å². The van der Waals surface area contributed by atoms with Gasteiger partial charge in [0.25, 0.3) is 0 Å². The third-order valence-corrected chi connectivity index (χ3v) is 7.23. The second-order valence-corrected chi connectivity index (χ2v) is 8.90. The third kappa shape index (κ3) is 1.49. The molecule has 0 heterocycles. The van der Waals surface area contributed by atoms with Gasteiger partial charge < -0.3 is 0 Å². The van der Waals surface area contributed by atoms with Gasteiger partial charge in [-0.3, -0.25) is 0 Å². The quantitative estimate of drug-likeness (QED) is 0.547. The monoisotopic (exact) mass is 274 g/mol. The predicted molar refractivity (Wildman–Crippen MR) is 89.7 cm³/mol. The zero-order valence-corrected chi connectivity index (χ0v) is 15.4. The summed E-state index contributed by atoms with van der Waals surface area (Å²) in [6.07, 6.45) is 1.32. The maximum absolute atomic E-state index is 2.51. The van der Waals surface area contributed by atoms with Crippen LogP contribution in [0.4, 0.5) is 0 Å². The Kier molecular flexibility index (Phi) is 3.36. The van der Waals surface area contributed by atoms with Gasteiger partial charge in [0.05, 0.1) is 0 Å². The summed E-state index contributed by atoms with van der Waals surface area (Å²) in [6.45, 7) is 24.4. The summed E-state index contributed by atoms with van der Waals surface area (Å²) in [6, 6.07) is 0. The molecule has 2 atom stereocenters. The van der Waals surface area contributed by atoms with Crippen LogP contribution in [0.5, 0.6) is 0 Å². The Bertz CT molecular complexity index is 496. The van der Waals surface area contributed by atoms with Gasteiger partial charge in [-0.25, -0.2) is 0 Å². The molecule has 1 saturated carbocycles. The maximum Gasteiger partial charge on any atom is 0.0236 e. The number of rotatable bonds is 2. The summed E-state index contributed by atoms with van der Waals surface area (Å²) in [7, 11) is 0. The van der Waals surface area contributed by atoms with Crippen molar-refractivity contribution in [3.8, 4) is 0 Å². The fourth-order valence-corrected chi connectivity index (χ4v) is 6.02. The Morgan fingerprint density at radius 3 is 2.00 bits per heavy atom. The molecule has 2 aliphatic rings. The van der Waals surface area contributed by atoms with E-state index in [0.717, 1.165) is 5.92 Å². The van der Waals surface area contributed by atoms with Gasteiger partial charge in [0.15, 0.2) is 0 Å². The second-order valence-electron chi connectivity index (χ2n) is 8.90. The van der Waals surface area contributed by atoms with Gasteiger partial charge in [0.2, 0.25) is 0 Å². The van der Waals surface area contributed by atoms with E-state index in [-0.39, 0.29) is 5.41 Å². The lowest BCUT2D eigenvalue weighted by Crippen LogP contribution is -2.49. The van der Waals surface area contributed by atoms with Crippen LogP contribution < -0.4 is 0 Å². The van der Waals surface area contributed by atoms with Gasteiger partial charge in [-0.05, 0) is 61.0 Å². The SMILES string of the molecule is CC1=C(C)C2(C(C)(C)C(C)C)C(=C1C)C(C)CC2(C)C. The van der Waals surface area contributed by atoms with E-state index in [1.807, 2.05) is 0 Å². The predicted octanol–water partition coefficient (Wildman–Crippen LogP) is 6.39. The molecule has 0 amide bonds. The van der Waals surface area contributed by atoms with Crippen molar-refractivity contribution in [2.24, 2.45) is 28.1 Å². The lowest BCUT2D eigenvalue weighted by Gasteiger charge is -2.55. The summed E-state index contributed by atoms with van der Waals surface area (Å²) in [5.74, 6) is 1.39. The van der Waals surface area contributed by atoms with Crippen LogP contribution in [0.1, 0.15) is 75.7 Å². The molecule has 0 N–H and O–H groups in total. The van der Waals surface area contributed by atoms with Crippen LogP contribution in [0.15, 0.2) is 22.3 Å². The Labute approximate surface area is 126 Å². The molecule has 0 aromatic rings. The average molecular weight is 274 g/mol. The number of fused-ring (bicyclic) bond motifs is 1. The van der Waals surface area contributed by atoms with Crippen LogP contribution in [-0.4, -0.2) is 0 Å². The minimum absolute atomic E-state index is 0.252. The highest BCUT2D eigenvalue weighted by Crippen LogP contribution is 2.74. The molecular formula is C20H34. The zero-order chi connectivity index (χ0) is 15.7. The largest absolute Gasteiger partial charge is 0.0622 e. The molecule has 114 valence electrons. The van der Waals surface area contributed by atoms with Crippen molar-refractivity contribution in [2.45, 2.75) is 75.7 Å². The molecule has 0 aliphatic heterocycles. The highest BCUT2D eigenvalue weighted by Gasteiger charge is 2.65. The van der Waals surface area contributed by atoms with Gasteiger partial charge in [-0.15, -0.1) is 0 Å². The average Bonchev–Trinajstić information content (AvgIpc) is 2.64. The maximum atomic E-state index is 2.51. The van der Waals surface area contributed by atoms with Crippen LogP contribution in [0, 0.1) is 28.1 Å². The fraction of sp³-hybridized carbons (Fsp3) is 0.800. The van der Waals surface area contributed by atoms with Crippen LogP contribution in [0.3, 0.4) is 0 Å². The van der Waals surface area contributed by atoms with E-state index in [4.69, 9.17) is 0 Å². The van der Waals surface area contributed by atoms with E-state index in [1.165, 1.54) is 6.42 Å². The van der Waals surface area contributed by atoms with Crippen LogP contribution >= 0.6 is 0 Å². The molecule has 0 bridgehead atoms. The van der Waals surface area contributed by atoms with E-state index < -0.39 is 0 Å². The lowest BCUT2D eigenvalue weighted by molar-refractivity contribution is 0.00526. The second kappa shape index (κ2) is 4.24. The standard InChI is InChI=1S/C20H34/c1-12(2)19(9,10)20-16(6)14(4)15(5)17(20)13(3)11-18(20,7)8/h12-13H,11H2,1-10H3. The molecule has 0 radical (unpaired) electrons. The van der Waals surface area contributed by atoms with Crippen LogP contribution in [0.2, 0.25) is 0 Å². The topological polar surface area (TPSA) is 0 Å². The molecule has 0 aromatic heterocycles. The molecule has 2 rings (SSSR count).